The maximum absolute atomic E-state index is 12.2. The Morgan fingerprint density at radius 2 is 2.22 bits per heavy atom. The van der Waals surface area contributed by atoms with Crippen LogP contribution < -0.4 is 5.32 Å². The number of rotatable bonds is 5. The fourth-order valence-corrected chi connectivity index (χ4v) is 1.99. The van der Waals surface area contributed by atoms with Crippen molar-refractivity contribution in [3.05, 3.63) is 36.0 Å². The van der Waals surface area contributed by atoms with Crippen LogP contribution in [0, 0.1) is 0 Å². The summed E-state index contributed by atoms with van der Waals surface area (Å²) in [5.74, 6) is -0.0589. The fourth-order valence-electron chi connectivity index (χ4n) is 1.99. The molecular formula is C14H18N2O2. The van der Waals surface area contributed by atoms with Crippen molar-refractivity contribution in [2.24, 2.45) is 0 Å². The van der Waals surface area contributed by atoms with Gasteiger partial charge in [0, 0.05) is 24.2 Å². The number of carbonyl (C=O) groups excluding carboxylic acids is 1. The van der Waals surface area contributed by atoms with E-state index in [1.165, 1.54) is 0 Å². The van der Waals surface area contributed by atoms with Gasteiger partial charge in [-0.2, -0.15) is 0 Å². The van der Waals surface area contributed by atoms with Gasteiger partial charge in [0.15, 0.2) is 0 Å². The van der Waals surface area contributed by atoms with Crippen LogP contribution in [0.25, 0.3) is 10.9 Å². The van der Waals surface area contributed by atoms with Crippen LogP contribution in [-0.2, 0) is 4.74 Å². The molecule has 0 aliphatic carbocycles. The van der Waals surface area contributed by atoms with Gasteiger partial charge in [-0.1, -0.05) is 25.1 Å². The molecule has 0 saturated heterocycles. The fraction of sp³-hybridized carbons (Fsp3) is 0.357. The third kappa shape index (κ3) is 2.54. The molecule has 0 saturated carbocycles. The lowest BCUT2D eigenvalue weighted by Gasteiger charge is -2.15. The number of methoxy groups -OCH3 is 1. The van der Waals surface area contributed by atoms with E-state index in [1.807, 2.05) is 31.2 Å². The molecule has 1 aromatic heterocycles. The van der Waals surface area contributed by atoms with Crippen molar-refractivity contribution in [1.82, 2.24) is 10.3 Å². The van der Waals surface area contributed by atoms with Crippen molar-refractivity contribution >= 4 is 16.8 Å². The number of aromatic nitrogens is 1. The molecule has 0 aliphatic heterocycles. The minimum atomic E-state index is -0.0589. The Kier molecular flexibility index (Phi) is 3.99. The highest BCUT2D eigenvalue weighted by molar-refractivity contribution is 6.06. The van der Waals surface area contributed by atoms with E-state index in [-0.39, 0.29) is 11.9 Å². The van der Waals surface area contributed by atoms with Crippen LogP contribution in [-0.4, -0.2) is 30.6 Å². The first-order valence-corrected chi connectivity index (χ1v) is 6.12. The molecule has 2 N–H and O–H groups in total. The van der Waals surface area contributed by atoms with Crippen LogP contribution in [0.5, 0.6) is 0 Å². The topological polar surface area (TPSA) is 54.1 Å². The Hall–Kier alpha value is -1.81. The van der Waals surface area contributed by atoms with E-state index < -0.39 is 0 Å². The first-order valence-electron chi connectivity index (χ1n) is 6.12. The predicted molar refractivity (Wildman–Crippen MR) is 71.7 cm³/mol. The highest BCUT2D eigenvalue weighted by Gasteiger charge is 2.15. The Labute approximate surface area is 106 Å². The third-order valence-corrected chi connectivity index (χ3v) is 3.03. The summed E-state index contributed by atoms with van der Waals surface area (Å²) >= 11 is 0. The minimum Gasteiger partial charge on any atom is -0.383 e. The molecule has 2 aromatic rings. The van der Waals surface area contributed by atoms with Crippen molar-refractivity contribution in [2.45, 2.75) is 19.4 Å². The van der Waals surface area contributed by atoms with Crippen LogP contribution in [0.1, 0.15) is 23.7 Å². The average Bonchev–Trinajstić information content (AvgIpc) is 2.82. The zero-order valence-electron chi connectivity index (χ0n) is 10.7. The van der Waals surface area contributed by atoms with Gasteiger partial charge in [-0.25, -0.2) is 0 Å². The number of para-hydroxylation sites is 1. The number of H-pyrrole nitrogens is 1. The lowest BCUT2D eigenvalue weighted by molar-refractivity contribution is 0.0896. The van der Waals surface area contributed by atoms with Crippen molar-refractivity contribution in [3.63, 3.8) is 0 Å². The van der Waals surface area contributed by atoms with Crippen molar-refractivity contribution in [1.29, 1.82) is 0 Å². The van der Waals surface area contributed by atoms with E-state index in [4.69, 9.17) is 4.74 Å². The second-order valence-electron chi connectivity index (χ2n) is 4.28. The number of amides is 1. The molecule has 96 valence electrons. The smallest absolute Gasteiger partial charge is 0.253 e. The van der Waals surface area contributed by atoms with Crippen molar-refractivity contribution < 1.29 is 9.53 Å². The average molecular weight is 246 g/mol. The molecule has 1 heterocycles. The zero-order valence-corrected chi connectivity index (χ0v) is 10.7. The van der Waals surface area contributed by atoms with Crippen molar-refractivity contribution in [2.75, 3.05) is 13.7 Å². The molecular weight excluding hydrogens is 228 g/mol. The molecule has 0 fully saturated rings. The number of hydrogen-bond acceptors (Lipinski definition) is 2. The maximum atomic E-state index is 12.2. The van der Waals surface area contributed by atoms with Crippen LogP contribution >= 0.6 is 0 Å². The molecule has 4 heteroatoms. The SMILES string of the molecule is CCC(COC)NC(=O)c1c[nH]c2ccccc12. The van der Waals surface area contributed by atoms with Gasteiger partial charge in [0.1, 0.15) is 0 Å². The summed E-state index contributed by atoms with van der Waals surface area (Å²) in [6.07, 6.45) is 2.60. The Bertz CT molecular complexity index is 533. The summed E-state index contributed by atoms with van der Waals surface area (Å²) < 4.78 is 5.08. The number of fused-ring (bicyclic) bond motifs is 1. The lowest BCUT2D eigenvalue weighted by Crippen LogP contribution is -2.37. The van der Waals surface area contributed by atoms with Crippen LogP contribution in [0.4, 0.5) is 0 Å². The van der Waals surface area contributed by atoms with Gasteiger partial charge in [-0.3, -0.25) is 4.79 Å². The summed E-state index contributed by atoms with van der Waals surface area (Å²) in [7, 11) is 1.64. The van der Waals surface area contributed by atoms with Crippen LogP contribution in [0.2, 0.25) is 0 Å². The summed E-state index contributed by atoms with van der Waals surface area (Å²) in [5.41, 5.74) is 1.66. The summed E-state index contributed by atoms with van der Waals surface area (Å²) in [6, 6.07) is 7.83. The molecule has 1 atom stereocenters. The number of benzene rings is 1. The monoisotopic (exact) mass is 246 g/mol. The highest BCUT2D eigenvalue weighted by atomic mass is 16.5. The second kappa shape index (κ2) is 5.69. The molecule has 0 aliphatic rings. The first kappa shape index (κ1) is 12.6. The predicted octanol–water partition coefficient (Wildman–Crippen LogP) is 2.32. The summed E-state index contributed by atoms with van der Waals surface area (Å²) in [6.45, 7) is 2.56. The number of nitrogens with one attached hydrogen (secondary N) is 2. The standard InChI is InChI=1S/C14H18N2O2/c1-3-10(9-18-2)16-14(17)12-8-15-13-7-5-4-6-11(12)13/h4-8,10,15H,3,9H2,1-2H3,(H,16,17). The van der Waals surface area contributed by atoms with Gasteiger partial charge in [0.2, 0.25) is 0 Å². The quantitative estimate of drug-likeness (QED) is 0.850. The van der Waals surface area contributed by atoms with E-state index in [9.17, 15) is 4.79 Å². The van der Waals surface area contributed by atoms with Crippen LogP contribution in [0.15, 0.2) is 30.5 Å². The lowest BCUT2D eigenvalue weighted by atomic mass is 10.1. The molecule has 18 heavy (non-hydrogen) atoms. The molecule has 0 bridgehead atoms. The normalized spacial score (nSPS) is 12.6. The Morgan fingerprint density at radius 1 is 1.44 bits per heavy atom. The van der Waals surface area contributed by atoms with Gasteiger partial charge in [-0.15, -0.1) is 0 Å². The van der Waals surface area contributed by atoms with Gasteiger partial charge in [0.25, 0.3) is 5.91 Å². The van der Waals surface area contributed by atoms with Gasteiger partial charge in [-0.05, 0) is 12.5 Å². The van der Waals surface area contributed by atoms with E-state index in [0.717, 1.165) is 17.3 Å². The highest BCUT2D eigenvalue weighted by Crippen LogP contribution is 2.17. The maximum Gasteiger partial charge on any atom is 0.253 e. The van der Waals surface area contributed by atoms with E-state index in [0.29, 0.717) is 12.2 Å². The van der Waals surface area contributed by atoms with Crippen LogP contribution in [0.3, 0.4) is 0 Å². The zero-order chi connectivity index (χ0) is 13.0. The molecule has 2 rings (SSSR count). The van der Waals surface area contributed by atoms with Gasteiger partial charge < -0.3 is 15.0 Å². The van der Waals surface area contributed by atoms with E-state index in [2.05, 4.69) is 10.3 Å². The van der Waals surface area contributed by atoms with E-state index >= 15 is 0 Å². The summed E-state index contributed by atoms with van der Waals surface area (Å²) in [4.78, 5) is 15.3. The Morgan fingerprint density at radius 3 is 2.94 bits per heavy atom. The summed E-state index contributed by atoms with van der Waals surface area (Å²) in [5, 5.41) is 3.92. The molecule has 0 radical (unpaired) electrons. The number of aromatic amines is 1. The molecule has 1 amide bonds. The number of hydrogen-bond donors (Lipinski definition) is 2. The molecule has 1 aromatic carbocycles. The molecule has 4 nitrogen and oxygen atoms in total. The van der Waals surface area contributed by atoms with Gasteiger partial charge >= 0.3 is 0 Å². The van der Waals surface area contributed by atoms with Gasteiger partial charge in [0.05, 0.1) is 18.2 Å². The molecule has 0 spiro atoms. The largest absolute Gasteiger partial charge is 0.383 e. The third-order valence-electron chi connectivity index (χ3n) is 3.03. The van der Waals surface area contributed by atoms with E-state index in [1.54, 1.807) is 13.3 Å². The minimum absolute atomic E-state index is 0.0520. The van der Waals surface area contributed by atoms with Crippen molar-refractivity contribution in [3.8, 4) is 0 Å². The molecule has 1 unspecified atom stereocenters. The number of ether oxygens (including phenoxy) is 1. The first-order chi connectivity index (χ1) is 8.76. The number of carbonyl (C=O) groups is 1. The second-order valence-corrected chi connectivity index (χ2v) is 4.28. The Balaban J connectivity index is 2.18.